The van der Waals surface area contributed by atoms with Gasteiger partial charge in [-0.2, -0.15) is 0 Å². The molecular weight excluding hydrogens is 238 g/mol. The molecule has 1 heterocycles. The Morgan fingerprint density at radius 2 is 1.74 bits per heavy atom. The highest BCUT2D eigenvalue weighted by atomic mass is 15.3. The SMILES string of the molecule is CCc1nc(NN)c(C)c(NC(C2CC2)C2CC2)n1. The standard InChI is InChI=1S/C14H23N5/c1-3-11-16-13(8(2)14(17-11)19-15)18-12(9-4-5-9)10-6-7-10/h9-10,12H,3-7,15H2,1-2H3,(H2,16,17,18,19). The zero-order chi connectivity index (χ0) is 13.4. The fourth-order valence-electron chi connectivity index (χ4n) is 2.69. The number of nitrogen functional groups attached to an aromatic ring is 1. The van der Waals surface area contributed by atoms with Crippen LogP contribution in [0.25, 0.3) is 0 Å². The van der Waals surface area contributed by atoms with Crippen LogP contribution in [-0.2, 0) is 6.42 Å². The molecule has 4 N–H and O–H groups in total. The number of nitrogens with zero attached hydrogens (tertiary/aromatic N) is 2. The van der Waals surface area contributed by atoms with Gasteiger partial charge >= 0.3 is 0 Å². The highest BCUT2D eigenvalue weighted by Crippen LogP contribution is 2.46. The van der Waals surface area contributed by atoms with Gasteiger partial charge in [-0.3, -0.25) is 0 Å². The van der Waals surface area contributed by atoms with Crippen molar-refractivity contribution in [2.24, 2.45) is 17.7 Å². The van der Waals surface area contributed by atoms with E-state index in [2.05, 4.69) is 27.6 Å². The zero-order valence-corrected chi connectivity index (χ0v) is 11.7. The van der Waals surface area contributed by atoms with Crippen molar-refractivity contribution in [3.05, 3.63) is 11.4 Å². The Balaban J connectivity index is 1.85. The molecule has 5 heteroatoms. The molecular formula is C14H23N5. The molecule has 0 spiro atoms. The van der Waals surface area contributed by atoms with E-state index in [1.54, 1.807) is 0 Å². The first-order chi connectivity index (χ1) is 9.22. The van der Waals surface area contributed by atoms with Crippen molar-refractivity contribution in [1.82, 2.24) is 9.97 Å². The maximum atomic E-state index is 5.55. The van der Waals surface area contributed by atoms with Gasteiger partial charge < -0.3 is 10.7 Å². The van der Waals surface area contributed by atoms with E-state index in [1.165, 1.54) is 25.7 Å². The summed E-state index contributed by atoms with van der Waals surface area (Å²) in [6, 6.07) is 0.601. The number of aryl methyl sites for hydroxylation is 1. The number of hydrogen-bond acceptors (Lipinski definition) is 5. The molecule has 2 saturated carbocycles. The number of nitrogens with one attached hydrogen (secondary N) is 2. The summed E-state index contributed by atoms with van der Waals surface area (Å²) >= 11 is 0. The molecule has 0 saturated heterocycles. The highest BCUT2D eigenvalue weighted by molar-refractivity contribution is 5.57. The van der Waals surface area contributed by atoms with E-state index in [4.69, 9.17) is 5.84 Å². The average Bonchev–Trinajstić information content (AvgIpc) is 3.29. The van der Waals surface area contributed by atoms with Gasteiger partial charge in [0, 0.05) is 18.0 Å². The molecule has 2 aliphatic rings. The number of hydrazine groups is 1. The number of aromatic nitrogens is 2. The first kappa shape index (κ1) is 12.7. The van der Waals surface area contributed by atoms with Crippen molar-refractivity contribution in [1.29, 1.82) is 0 Å². The van der Waals surface area contributed by atoms with Crippen LogP contribution in [0, 0.1) is 18.8 Å². The Hall–Kier alpha value is -1.36. The average molecular weight is 261 g/mol. The maximum Gasteiger partial charge on any atom is 0.148 e. The molecule has 5 nitrogen and oxygen atoms in total. The molecule has 3 rings (SSSR count). The third kappa shape index (κ3) is 2.66. The van der Waals surface area contributed by atoms with E-state index in [0.717, 1.165) is 41.3 Å². The van der Waals surface area contributed by atoms with Crippen molar-refractivity contribution in [3.63, 3.8) is 0 Å². The van der Waals surface area contributed by atoms with Gasteiger partial charge in [0.2, 0.25) is 0 Å². The largest absolute Gasteiger partial charge is 0.366 e. The maximum absolute atomic E-state index is 5.55. The quantitative estimate of drug-likeness (QED) is 0.541. The molecule has 0 radical (unpaired) electrons. The van der Waals surface area contributed by atoms with Crippen LogP contribution < -0.4 is 16.6 Å². The summed E-state index contributed by atoms with van der Waals surface area (Å²) in [6.07, 6.45) is 6.27. The number of nitrogens with two attached hydrogens (primary N) is 1. The van der Waals surface area contributed by atoms with E-state index in [-0.39, 0.29) is 0 Å². The third-order valence-corrected chi connectivity index (χ3v) is 4.21. The lowest BCUT2D eigenvalue weighted by Crippen LogP contribution is -2.26. The van der Waals surface area contributed by atoms with Gasteiger partial charge in [0.15, 0.2) is 0 Å². The van der Waals surface area contributed by atoms with E-state index in [1.807, 2.05) is 6.92 Å². The van der Waals surface area contributed by atoms with Crippen molar-refractivity contribution in [2.45, 2.75) is 52.0 Å². The molecule has 104 valence electrons. The minimum Gasteiger partial charge on any atom is -0.366 e. The summed E-state index contributed by atoms with van der Waals surface area (Å²) < 4.78 is 0. The monoisotopic (exact) mass is 261 g/mol. The van der Waals surface area contributed by atoms with Gasteiger partial charge in [0.25, 0.3) is 0 Å². The first-order valence-electron chi connectivity index (χ1n) is 7.33. The Labute approximate surface area is 114 Å². The van der Waals surface area contributed by atoms with E-state index in [9.17, 15) is 0 Å². The molecule has 0 bridgehead atoms. The smallest absolute Gasteiger partial charge is 0.148 e. The molecule has 0 unspecified atom stereocenters. The summed E-state index contributed by atoms with van der Waals surface area (Å²) in [5, 5.41) is 3.67. The summed E-state index contributed by atoms with van der Waals surface area (Å²) in [6.45, 7) is 4.09. The van der Waals surface area contributed by atoms with Crippen molar-refractivity contribution in [3.8, 4) is 0 Å². The zero-order valence-electron chi connectivity index (χ0n) is 11.7. The number of hydrogen-bond donors (Lipinski definition) is 3. The van der Waals surface area contributed by atoms with Crippen molar-refractivity contribution in [2.75, 3.05) is 10.7 Å². The molecule has 0 atom stereocenters. The third-order valence-electron chi connectivity index (χ3n) is 4.21. The highest BCUT2D eigenvalue weighted by Gasteiger charge is 2.41. The fourth-order valence-corrected chi connectivity index (χ4v) is 2.69. The summed E-state index contributed by atoms with van der Waals surface area (Å²) in [5.41, 5.74) is 3.70. The van der Waals surface area contributed by atoms with Crippen LogP contribution >= 0.6 is 0 Å². The minimum absolute atomic E-state index is 0.601. The molecule has 2 aliphatic carbocycles. The van der Waals surface area contributed by atoms with Gasteiger partial charge in [-0.05, 0) is 44.4 Å². The van der Waals surface area contributed by atoms with Gasteiger partial charge in [-0.1, -0.05) is 6.92 Å². The second-order valence-corrected chi connectivity index (χ2v) is 5.80. The molecule has 0 aliphatic heterocycles. The lowest BCUT2D eigenvalue weighted by molar-refractivity contribution is 0.564. The summed E-state index contributed by atoms with van der Waals surface area (Å²) in [4.78, 5) is 9.05. The normalized spacial score (nSPS) is 18.7. The Kier molecular flexibility index (Phi) is 3.31. The van der Waals surface area contributed by atoms with Gasteiger partial charge in [0.05, 0.1) is 0 Å². The number of anilines is 2. The molecule has 2 fully saturated rings. The molecule has 0 aromatic carbocycles. The Morgan fingerprint density at radius 3 is 2.21 bits per heavy atom. The Bertz CT molecular complexity index is 453. The lowest BCUT2D eigenvalue weighted by atomic mass is 10.1. The summed E-state index contributed by atoms with van der Waals surface area (Å²) in [7, 11) is 0. The van der Waals surface area contributed by atoms with Gasteiger partial charge in [-0.25, -0.2) is 15.8 Å². The molecule has 0 amide bonds. The van der Waals surface area contributed by atoms with E-state index >= 15 is 0 Å². The first-order valence-corrected chi connectivity index (χ1v) is 7.33. The van der Waals surface area contributed by atoms with Crippen LogP contribution in [0.15, 0.2) is 0 Å². The molecule has 1 aromatic rings. The van der Waals surface area contributed by atoms with Crippen LogP contribution in [0.2, 0.25) is 0 Å². The van der Waals surface area contributed by atoms with Crippen molar-refractivity contribution >= 4 is 11.6 Å². The second-order valence-electron chi connectivity index (χ2n) is 5.80. The van der Waals surface area contributed by atoms with Gasteiger partial charge in [-0.15, -0.1) is 0 Å². The number of rotatable bonds is 6. The van der Waals surface area contributed by atoms with Gasteiger partial charge in [0.1, 0.15) is 17.5 Å². The van der Waals surface area contributed by atoms with E-state index in [0.29, 0.717) is 6.04 Å². The summed E-state index contributed by atoms with van der Waals surface area (Å²) in [5.74, 6) is 9.78. The van der Waals surface area contributed by atoms with Crippen LogP contribution in [0.4, 0.5) is 11.6 Å². The predicted molar refractivity (Wildman–Crippen MR) is 76.8 cm³/mol. The molecule has 1 aromatic heterocycles. The lowest BCUT2D eigenvalue weighted by Gasteiger charge is -2.21. The van der Waals surface area contributed by atoms with Crippen molar-refractivity contribution < 1.29 is 0 Å². The van der Waals surface area contributed by atoms with Crippen LogP contribution in [-0.4, -0.2) is 16.0 Å². The van der Waals surface area contributed by atoms with E-state index < -0.39 is 0 Å². The Morgan fingerprint density at radius 1 is 1.16 bits per heavy atom. The van der Waals surface area contributed by atoms with Crippen LogP contribution in [0.3, 0.4) is 0 Å². The molecule has 19 heavy (non-hydrogen) atoms. The fraction of sp³-hybridized carbons (Fsp3) is 0.714. The van der Waals surface area contributed by atoms with Crippen LogP contribution in [0.1, 0.15) is 44.0 Å². The topological polar surface area (TPSA) is 75.9 Å². The van der Waals surface area contributed by atoms with Crippen LogP contribution in [0.5, 0.6) is 0 Å². The minimum atomic E-state index is 0.601. The second kappa shape index (κ2) is 4.96. The predicted octanol–water partition coefficient (Wildman–Crippen LogP) is 2.23.